The van der Waals surface area contributed by atoms with Crippen molar-refractivity contribution in [1.82, 2.24) is 0 Å². The highest BCUT2D eigenvalue weighted by Gasteiger charge is 2.20. The lowest BCUT2D eigenvalue weighted by molar-refractivity contribution is 0.0604. The number of methoxy groups -OCH3 is 1. The van der Waals surface area contributed by atoms with Gasteiger partial charge in [-0.2, -0.15) is 0 Å². The number of carbonyl (C=O) groups is 1. The zero-order chi connectivity index (χ0) is 14.8. The summed E-state index contributed by atoms with van der Waals surface area (Å²) in [5, 5.41) is 0. The van der Waals surface area contributed by atoms with Crippen LogP contribution in [0.25, 0.3) is 0 Å². The summed E-state index contributed by atoms with van der Waals surface area (Å²) in [6, 6.07) is 18.7. The van der Waals surface area contributed by atoms with E-state index in [-0.39, 0.29) is 5.78 Å². The standard InChI is InChI=1S/C15H14O2.C3H8/c1-17-15(13-10-6-3-7-11-13)14(16)12-8-4-2-5-9-12;1-3-2/h2-11,15H,1H3;3H2,1-2H3. The first-order valence-corrected chi connectivity index (χ1v) is 6.91. The van der Waals surface area contributed by atoms with Crippen LogP contribution in [0.1, 0.15) is 42.3 Å². The Bertz CT molecular complexity index is 491. The van der Waals surface area contributed by atoms with Gasteiger partial charge in [0.15, 0.2) is 5.78 Å². The summed E-state index contributed by atoms with van der Waals surface area (Å²) in [5.74, 6) is -0.0145. The van der Waals surface area contributed by atoms with E-state index in [1.54, 1.807) is 19.2 Å². The highest BCUT2D eigenvalue weighted by atomic mass is 16.5. The van der Waals surface area contributed by atoms with E-state index in [0.717, 1.165) is 5.56 Å². The molecule has 0 radical (unpaired) electrons. The number of ether oxygens (including phenoxy) is 1. The minimum Gasteiger partial charge on any atom is -0.369 e. The van der Waals surface area contributed by atoms with Crippen LogP contribution in [0.15, 0.2) is 60.7 Å². The number of benzene rings is 2. The summed E-state index contributed by atoms with van der Waals surface area (Å²) in [4.78, 5) is 12.3. The Hall–Kier alpha value is -1.93. The second-order valence-electron chi connectivity index (χ2n) is 4.46. The molecule has 1 unspecified atom stereocenters. The minimum atomic E-state index is -0.529. The molecular formula is C18H22O2. The lowest BCUT2D eigenvalue weighted by Crippen LogP contribution is -2.14. The molecule has 2 aromatic rings. The molecule has 2 aromatic carbocycles. The van der Waals surface area contributed by atoms with E-state index in [1.807, 2.05) is 48.5 Å². The van der Waals surface area contributed by atoms with E-state index in [4.69, 9.17) is 4.74 Å². The van der Waals surface area contributed by atoms with Gasteiger partial charge in [0.25, 0.3) is 0 Å². The Morgan fingerprint density at radius 1 is 0.950 bits per heavy atom. The van der Waals surface area contributed by atoms with Crippen molar-refractivity contribution >= 4 is 5.78 Å². The van der Waals surface area contributed by atoms with Crippen LogP contribution in [-0.4, -0.2) is 12.9 Å². The van der Waals surface area contributed by atoms with Crippen molar-refractivity contribution < 1.29 is 9.53 Å². The second-order valence-corrected chi connectivity index (χ2v) is 4.46. The van der Waals surface area contributed by atoms with E-state index >= 15 is 0 Å². The maximum Gasteiger partial charge on any atom is 0.196 e. The summed E-state index contributed by atoms with van der Waals surface area (Å²) < 4.78 is 5.30. The third-order valence-electron chi connectivity index (χ3n) is 2.63. The molecule has 0 saturated carbocycles. The molecule has 2 nitrogen and oxygen atoms in total. The summed E-state index contributed by atoms with van der Waals surface area (Å²) in [6.45, 7) is 4.25. The molecule has 0 aliphatic heterocycles. The van der Waals surface area contributed by atoms with Crippen molar-refractivity contribution in [3.8, 4) is 0 Å². The minimum absolute atomic E-state index is 0.0145. The van der Waals surface area contributed by atoms with E-state index < -0.39 is 6.10 Å². The van der Waals surface area contributed by atoms with Crippen molar-refractivity contribution in [2.24, 2.45) is 0 Å². The van der Waals surface area contributed by atoms with Gasteiger partial charge in [0.05, 0.1) is 0 Å². The van der Waals surface area contributed by atoms with Gasteiger partial charge >= 0.3 is 0 Å². The monoisotopic (exact) mass is 270 g/mol. The van der Waals surface area contributed by atoms with Crippen LogP contribution in [0.3, 0.4) is 0 Å². The average molecular weight is 270 g/mol. The van der Waals surface area contributed by atoms with Gasteiger partial charge in [-0.25, -0.2) is 0 Å². The molecule has 106 valence electrons. The van der Waals surface area contributed by atoms with Crippen molar-refractivity contribution in [2.75, 3.05) is 7.11 Å². The molecule has 2 heteroatoms. The Labute approximate surface area is 121 Å². The molecule has 0 amide bonds. The van der Waals surface area contributed by atoms with Gasteiger partial charge < -0.3 is 4.74 Å². The van der Waals surface area contributed by atoms with Crippen LogP contribution in [0, 0.1) is 0 Å². The molecular weight excluding hydrogens is 248 g/mol. The third kappa shape index (κ3) is 4.63. The Balaban J connectivity index is 0.000000612. The van der Waals surface area contributed by atoms with Gasteiger partial charge in [0.2, 0.25) is 0 Å². The summed E-state index contributed by atoms with van der Waals surface area (Å²) in [5.41, 5.74) is 1.55. The van der Waals surface area contributed by atoms with Crippen molar-refractivity contribution in [1.29, 1.82) is 0 Å². The topological polar surface area (TPSA) is 26.3 Å². The molecule has 0 N–H and O–H groups in total. The molecule has 0 aliphatic carbocycles. The molecule has 20 heavy (non-hydrogen) atoms. The highest BCUT2D eigenvalue weighted by Crippen LogP contribution is 2.21. The first-order valence-electron chi connectivity index (χ1n) is 6.91. The van der Waals surface area contributed by atoms with Gasteiger partial charge in [0.1, 0.15) is 6.10 Å². The van der Waals surface area contributed by atoms with Gasteiger partial charge in [0, 0.05) is 12.7 Å². The predicted octanol–water partition coefficient (Wildman–Crippen LogP) is 4.67. The van der Waals surface area contributed by atoms with E-state index in [9.17, 15) is 4.79 Å². The maximum absolute atomic E-state index is 12.3. The average Bonchev–Trinajstić information content (AvgIpc) is 2.51. The Kier molecular flexibility index (Phi) is 7.30. The van der Waals surface area contributed by atoms with Gasteiger partial charge in [-0.3, -0.25) is 4.79 Å². The first-order chi connectivity index (χ1) is 9.74. The SMILES string of the molecule is CCC.COC(C(=O)c1ccccc1)c1ccccc1. The van der Waals surface area contributed by atoms with Crippen LogP contribution in [0.4, 0.5) is 0 Å². The van der Waals surface area contributed by atoms with Crippen molar-refractivity contribution in [3.63, 3.8) is 0 Å². The smallest absolute Gasteiger partial charge is 0.196 e. The summed E-state index contributed by atoms with van der Waals surface area (Å²) in [7, 11) is 1.55. The van der Waals surface area contributed by atoms with E-state index in [2.05, 4.69) is 13.8 Å². The lowest BCUT2D eigenvalue weighted by atomic mass is 10.00. The quantitative estimate of drug-likeness (QED) is 0.754. The number of hydrogen-bond acceptors (Lipinski definition) is 2. The number of ketones is 1. The fraction of sp³-hybridized carbons (Fsp3) is 0.278. The zero-order valence-corrected chi connectivity index (χ0v) is 12.4. The van der Waals surface area contributed by atoms with Crippen molar-refractivity contribution in [2.45, 2.75) is 26.4 Å². The number of rotatable bonds is 4. The lowest BCUT2D eigenvalue weighted by Gasteiger charge is -2.14. The number of Topliss-reactive ketones (excluding diaryl/α,β-unsaturated/α-hetero) is 1. The molecule has 1 atom stereocenters. The zero-order valence-electron chi connectivity index (χ0n) is 12.4. The molecule has 0 fully saturated rings. The predicted molar refractivity (Wildman–Crippen MR) is 82.9 cm³/mol. The molecule has 0 bridgehead atoms. The molecule has 0 spiro atoms. The first kappa shape index (κ1) is 16.1. The second kappa shape index (κ2) is 9.05. The van der Waals surface area contributed by atoms with E-state index in [0.29, 0.717) is 5.56 Å². The van der Waals surface area contributed by atoms with Crippen LogP contribution in [-0.2, 0) is 4.74 Å². The highest BCUT2D eigenvalue weighted by molar-refractivity contribution is 6.00. The fourth-order valence-corrected chi connectivity index (χ4v) is 1.78. The Morgan fingerprint density at radius 3 is 1.85 bits per heavy atom. The van der Waals surface area contributed by atoms with Crippen LogP contribution >= 0.6 is 0 Å². The van der Waals surface area contributed by atoms with Crippen LogP contribution in [0.5, 0.6) is 0 Å². The molecule has 0 saturated heterocycles. The largest absolute Gasteiger partial charge is 0.369 e. The number of carbonyl (C=O) groups excluding carboxylic acids is 1. The normalized spacial score (nSPS) is 11.2. The molecule has 2 rings (SSSR count). The number of hydrogen-bond donors (Lipinski definition) is 0. The van der Waals surface area contributed by atoms with Crippen LogP contribution < -0.4 is 0 Å². The fourth-order valence-electron chi connectivity index (χ4n) is 1.78. The van der Waals surface area contributed by atoms with E-state index in [1.165, 1.54) is 6.42 Å². The third-order valence-corrected chi connectivity index (χ3v) is 2.63. The molecule has 0 heterocycles. The van der Waals surface area contributed by atoms with Crippen molar-refractivity contribution in [3.05, 3.63) is 71.8 Å². The summed E-state index contributed by atoms with van der Waals surface area (Å²) >= 11 is 0. The molecule has 0 aromatic heterocycles. The maximum atomic E-state index is 12.3. The van der Waals surface area contributed by atoms with Gasteiger partial charge in [-0.15, -0.1) is 0 Å². The molecule has 0 aliphatic rings. The summed E-state index contributed by atoms with van der Waals surface area (Å²) in [6.07, 6.45) is 0.721. The van der Waals surface area contributed by atoms with Crippen LogP contribution in [0.2, 0.25) is 0 Å². The Morgan fingerprint density at radius 2 is 1.40 bits per heavy atom. The van der Waals surface area contributed by atoms with Gasteiger partial charge in [-0.1, -0.05) is 80.9 Å². The van der Waals surface area contributed by atoms with Gasteiger partial charge in [-0.05, 0) is 5.56 Å².